The third-order valence-corrected chi connectivity index (χ3v) is 2.87. The van der Waals surface area contributed by atoms with Gasteiger partial charge >= 0.3 is 6.61 Å². The fraction of sp³-hybridized carbons (Fsp3) is 0.571. The summed E-state index contributed by atoms with van der Waals surface area (Å²) in [7, 11) is 1.50. The molecule has 114 valence electrons. The molecule has 0 aliphatic carbocycles. The number of ether oxygens (including phenoxy) is 2. The van der Waals surface area contributed by atoms with Crippen LogP contribution in [0.4, 0.5) is 8.78 Å². The van der Waals surface area contributed by atoms with Crippen molar-refractivity contribution in [3.63, 3.8) is 0 Å². The molecule has 0 aliphatic rings. The first kappa shape index (κ1) is 16.8. The summed E-state index contributed by atoms with van der Waals surface area (Å²) in [5.74, 6) is 0.145. The van der Waals surface area contributed by atoms with Gasteiger partial charge in [-0.15, -0.1) is 0 Å². The fourth-order valence-corrected chi connectivity index (χ4v) is 1.88. The van der Waals surface area contributed by atoms with E-state index in [1.165, 1.54) is 13.2 Å². The maximum absolute atomic E-state index is 12.4. The van der Waals surface area contributed by atoms with E-state index in [-0.39, 0.29) is 18.4 Å². The van der Waals surface area contributed by atoms with Crippen molar-refractivity contribution in [1.29, 1.82) is 0 Å². The average Bonchev–Trinajstić information content (AvgIpc) is 2.38. The quantitative estimate of drug-likeness (QED) is 0.771. The van der Waals surface area contributed by atoms with E-state index >= 15 is 0 Å². The zero-order valence-electron chi connectivity index (χ0n) is 11.9. The van der Waals surface area contributed by atoms with Crippen LogP contribution >= 0.6 is 0 Å². The summed E-state index contributed by atoms with van der Waals surface area (Å²) in [5.41, 5.74) is 1.59. The molecule has 1 aromatic carbocycles. The van der Waals surface area contributed by atoms with Crippen molar-refractivity contribution >= 4 is 0 Å². The van der Waals surface area contributed by atoms with E-state index < -0.39 is 12.7 Å². The molecule has 0 spiro atoms. The van der Waals surface area contributed by atoms with Gasteiger partial charge in [-0.2, -0.15) is 8.78 Å². The topological polar surface area (TPSA) is 50.7 Å². The summed E-state index contributed by atoms with van der Waals surface area (Å²) in [6.07, 6.45) is -0.647. The Balaban J connectivity index is 2.74. The van der Waals surface area contributed by atoms with E-state index in [2.05, 4.69) is 10.1 Å². The lowest BCUT2D eigenvalue weighted by molar-refractivity contribution is -0.0507. The molecule has 4 nitrogen and oxygen atoms in total. The summed E-state index contributed by atoms with van der Waals surface area (Å²) in [5, 5.41) is 12.6. The number of methoxy groups -OCH3 is 1. The lowest BCUT2D eigenvalue weighted by Gasteiger charge is -2.20. The maximum Gasteiger partial charge on any atom is 0.387 e. The van der Waals surface area contributed by atoms with Crippen LogP contribution in [0.5, 0.6) is 5.75 Å². The smallest absolute Gasteiger partial charge is 0.387 e. The van der Waals surface area contributed by atoms with E-state index in [9.17, 15) is 13.9 Å². The standard InChI is InChI=1S/C14H21F2NO3/c1-9-4-5-13(20-14(15)16)12(6-9)10(2)17-7-11(18)8-19-3/h4-6,10-11,14,17-18H,7-8H2,1-3H3. The Bertz CT molecular complexity index is 415. The average molecular weight is 289 g/mol. The predicted molar refractivity (Wildman–Crippen MR) is 72.1 cm³/mol. The molecule has 0 heterocycles. The second kappa shape index (κ2) is 8.14. The van der Waals surface area contributed by atoms with Gasteiger partial charge in [0, 0.05) is 25.3 Å². The lowest BCUT2D eigenvalue weighted by Crippen LogP contribution is -2.32. The zero-order chi connectivity index (χ0) is 15.1. The third kappa shape index (κ3) is 5.40. The molecule has 20 heavy (non-hydrogen) atoms. The highest BCUT2D eigenvalue weighted by Crippen LogP contribution is 2.27. The summed E-state index contributed by atoms with van der Waals surface area (Å²) >= 11 is 0. The Morgan fingerprint density at radius 1 is 1.35 bits per heavy atom. The van der Waals surface area contributed by atoms with Gasteiger partial charge in [0.2, 0.25) is 0 Å². The molecule has 0 saturated carbocycles. The van der Waals surface area contributed by atoms with Crippen molar-refractivity contribution in [1.82, 2.24) is 5.32 Å². The van der Waals surface area contributed by atoms with Crippen LogP contribution in [0.1, 0.15) is 24.1 Å². The number of benzene rings is 1. The molecule has 0 radical (unpaired) electrons. The first-order valence-electron chi connectivity index (χ1n) is 6.39. The largest absolute Gasteiger partial charge is 0.434 e. The van der Waals surface area contributed by atoms with Crippen LogP contribution in [0, 0.1) is 6.92 Å². The van der Waals surface area contributed by atoms with Gasteiger partial charge in [-0.1, -0.05) is 17.7 Å². The first-order valence-corrected chi connectivity index (χ1v) is 6.39. The SMILES string of the molecule is COCC(O)CNC(C)c1cc(C)ccc1OC(F)F. The molecule has 0 saturated heterocycles. The van der Waals surface area contributed by atoms with Crippen LogP contribution < -0.4 is 10.1 Å². The van der Waals surface area contributed by atoms with Crippen LogP contribution in [0.15, 0.2) is 18.2 Å². The van der Waals surface area contributed by atoms with Crippen molar-refractivity contribution in [3.05, 3.63) is 29.3 Å². The van der Waals surface area contributed by atoms with Gasteiger partial charge in [-0.25, -0.2) is 0 Å². The molecule has 1 rings (SSSR count). The van der Waals surface area contributed by atoms with Crippen LogP contribution in [-0.4, -0.2) is 38.1 Å². The Labute approximate surface area is 117 Å². The molecular weight excluding hydrogens is 268 g/mol. The number of aryl methyl sites for hydroxylation is 1. The number of aliphatic hydroxyl groups is 1. The van der Waals surface area contributed by atoms with Crippen molar-refractivity contribution in [3.8, 4) is 5.75 Å². The van der Waals surface area contributed by atoms with Gasteiger partial charge in [0.05, 0.1) is 12.7 Å². The normalized spacial score (nSPS) is 14.3. The molecule has 0 aromatic heterocycles. The molecule has 2 atom stereocenters. The van der Waals surface area contributed by atoms with Crippen molar-refractivity contribution < 1.29 is 23.4 Å². The molecule has 0 amide bonds. The van der Waals surface area contributed by atoms with Gasteiger partial charge < -0.3 is 19.9 Å². The minimum absolute atomic E-state index is 0.145. The summed E-state index contributed by atoms with van der Waals surface area (Å²) in [6.45, 7) is 1.36. The van der Waals surface area contributed by atoms with E-state index in [1.54, 1.807) is 12.1 Å². The van der Waals surface area contributed by atoms with Gasteiger partial charge in [-0.3, -0.25) is 0 Å². The van der Waals surface area contributed by atoms with Crippen LogP contribution in [-0.2, 0) is 4.74 Å². The minimum Gasteiger partial charge on any atom is -0.434 e. The number of halogens is 2. The Hall–Kier alpha value is -1.24. The third-order valence-electron chi connectivity index (χ3n) is 2.87. The number of aliphatic hydroxyl groups excluding tert-OH is 1. The number of nitrogens with one attached hydrogen (secondary N) is 1. The highest BCUT2D eigenvalue weighted by Gasteiger charge is 2.16. The molecular formula is C14H21F2NO3. The van der Waals surface area contributed by atoms with Crippen LogP contribution in [0.25, 0.3) is 0 Å². The van der Waals surface area contributed by atoms with E-state index in [4.69, 9.17) is 4.74 Å². The summed E-state index contributed by atoms with van der Waals surface area (Å²) in [4.78, 5) is 0. The highest BCUT2D eigenvalue weighted by atomic mass is 19.3. The minimum atomic E-state index is -2.86. The monoisotopic (exact) mass is 289 g/mol. The molecule has 1 aromatic rings. The van der Waals surface area contributed by atoms with Gasteiger partial charge in [0.15, 0.2) is 0 Å². The Kier molecular flexibility index (Phi) is 6.84. The van der Waals surface area contributed by atoms with Crippen LogP contribution in [0.3, 0.4) is 0 Å². The summed E-state index contributed by atoms with van der Waals surface area (Å²) < 4.78 is 34.1. The molecule has 6 heteroatoms. The van der Waals surface area contributed by atoms with Gasteiger partial charge in [0.25, 0.3) is 0 Å². The second-order valence-corrected chi connectivity index (χ2v) is 4.66. The molecule has 0 bridgehead atoms. The predicted octanol–water partition coefficient (Wildman–Crippen LogP) is 2.25. The Morgan fingerprint density at radius 3 is 2.65 bits per heavy atom. The number of hydrogen-bond donors (Lipinski definition) is 2. The first-order chi connectivity index (χ1) is 9.43. The zero-order valence-corrected chi connectivity index (χ0v) is 11.9. The molecule has 0 fully saturated rings. The van der Waals surface area contributed by atoms with Crippen molar-refractivity contribution in [2.75, 3.05) is 20.3 Å². The summed E-state index contributed by atoms with van der Waals surface area (Å²) in [6, 6.07) is 4.81. The van der Waals surface area contributed by atoms with Crippen molar-refractivity contribution in [2.24, 2.45) is 0 Å². The maximum atomic E-state index is 12.4. The Morgan fingerprint density at radius 2 is 2.05 bits per heavy atom. The number of alkyl halides is 2. The molecule has 2 unspecified atom stereocenters. The van der Waals surface area contributed by atoms with E-state index in [1.807, 2.05) is 13.8 Å². The number of hydrogen-bond acceptors (Lipinski definition) is 4. The van der Waals surface area contributed by atoms with Gasteiger partial charge in [-0.05, 0) is 19.9 Å². The van der Waals surface area contributed by atoms with Gasteiger partial charge in [0.1, 0.15) is 5.75 Å². The van der Waals surface area contributed by atoms with Crippen molar-refractivity contribution in [2.45, 2.75) is 32.6 Å². The number of rotatable bonds is 8. The second-order valence-electron chi connectivity index (χ2n) is 4.66. The fourth-order valence-electron chi connectivity index (χ4n) is 1.88. The lowest BCUT2D eigenvalue weighted by atomic mass is 10.0. The van der Waals surface area contributed by atoms with Crippen LogP contribution in [0.2, 0.25) is 0 Å². The molecule has 2 N–H and O–H groups in total. The molecule has 0 aliphatic heterocycles. The highest BCUT2D eigenvalue weighted by molar-refractivity contribution is 5.39. The van der Waals surface area contributed by atoms with E-state index in [0.29, 0.717) is 12.1 Å². The van der Waals surface area contributed by atoms with E-state index in [0.717, 1.165) is 5.56 Å².